The molecule has 1 atom stereocenters. The van der Waals surface area contributed by atoms with Gasteiger partial charge in [0.05, 0.1) is 39.0 Å². The first-order chi connectivity index (χ1) is 15.7. The van der Waals surface area contributed by atoms with Crippen molar-refractivity contribution in [2.24, 2.45) is 0 Å². The Morgan fingerprint density at radius 3 is 2.15 bits per heavy atom. The number of nitrogens with zero attached hydrogens (tertiary/aromatic N) is 1. The van der Waals surface area contributed by atoms with Gasteiger partial charge < -0.3 is 24.3 Å². The number of carbonyl (C=O) groups is 1. The first-order valence-corrected chi connectivity index (χ1v) is 11.9. The van der Waals surface area contributed by atoms with Crippen LogP contribution in [0.4, 0.5) is 5.69 Å². The second-order valence-electron chi connectivity index (χ2n) is 7.32. The summed E-state index contributed by atoms with van der Waals surface area (Å²) < 4.78 is 49.7. The lowest BCUT2D eigenvalue weighted by atomic mass is 10.2. The molecule has 2 aromatic rings. The maximum atomic E-state index is 13.8. The number of hydrogen-bond donors (Lipinski definition) is 1. The van der Waals surface area contributed by atoms with E-state index in [0.717, 1.165) is 17.1 Å². The summed E-state index contributed by atoms with van der Waals surface area (Å²) in [4.78, 5) is 12.8. The van der Waals surface area contributed by atoms with E-state index in [-0.39, 0.29) is 28.1 Å². The van der Waals surface area contributed by atoms with Crippen molar-refractivity contribution in [3.05, 3.63) is 36.4 Å². The van der Waals surface area contributed by atoms with Crippen LogP contribution in [-0.4, -0.2) is 55.4 Å². The lowest BCUT2D eigenvalue weighted by molar-refractivity contribution is -0.120. The van der Waals surface area contributed by atoms with Crippen molar-refractivity contribution in [2.45, 2.75) is 37.6 Å². The Hall–Kier alpha value is -3.14. The van der Waals surface area contributed by atoms with Gasteiger partial charge in [-0.1, -0.05) is 13.3 Å². The molecule has 0 saturated carbocycles. The lowest BCUT2D eigenvalue weighted by Gasteiger charge is -2.27. The van der Waals surface area contributed by atoms with Crippen molar-refractivity contribution < 1.29 is 32.2 Å². The average Bonchev–Trinajstić information content (AvgIpc) is 2.81. The Morgan fingerprint density at radius 2 is 1.58 bits per heavy atom. The van der Waals surface area contributed by atoms with Gasteiger partial charge in [0.1, 0.15) is 18.0 Å². The molecule has 33 heavy (non-hydrogen) atoms. The molecular weight excluding hydrogens is 448 g/mol. The van der Waals surface area contributed by atoms with Crippen molar-refractivity contribution in [3.63, 3.8) is 0 Å². The van der Waals surface area contributed by atoms with Gasteiger partial charge in [-0.15, -0.1) is 0 Å². The maximum absolute atomic E-state index is 13.8. The largest absolute Gasteiger partial charge is 0.497 e. The van der Waals surface area contributed by atoms with E-state index < -0.39 is 22.5 Å². The molecular formula is C23H32N2O7S. The van der Waals surface area contributed by atoms with Crippen molar-refractivity contribution >= 4 is 21.6 Å². The van der Waals surface area contributed by atoms with Crippen molar-refractivity contribution in [3.8, 4) is 23.0 Å². The summed E-state index contributed by atoms with van der Waals surface area (Å²) in [6.07, 6.45) is 1.66. The fourth-order valence-corrected chi connectivity index (χ4v) is 4.79. The number of nitrogens with one attached hydrogen (secondary N) is 1. The van der Waals surface area contributed by atoms with Crippen LogP contribution in [0.25, 0.3) is 0 Å². The molecule has 1 N–H and O–H groups in total. The number of sulfonamides is 1. The fraction of sp³-hybridized carbons (Fsp3) is 0.435. The zero-order valence-corrected chi connectivity index (χ0v) is 20.7. The van der Waals surface area contributed by atoms with Gasteiger partial charge in [0.25, 0.3) is 10.0 Å². The molecule has 2 aromatic carbocycles. The average molecular weight is 481 g/mol. The second kappa shape index (κ2) is 11.6. The molecule has 9 nitrogen and oxygen atoms in total. The number of carbonyl (C=O) groups excluding carboxylic acids is 1. The number of benzene rings is 2. The Balaban J connectivity index is 2.60. The van der Waals surface area contributed by atoms with E-state index in [1.165, 1.54) is 52.7 Å². The summed E-state index contributed by atoms with van der Waals surface area (Å²) in [6, 6.07) is 8.89. The van der Waals surface area contributed by atoms with Gasteiger partial charge in [0.15, 0.2) is 11.5 Å². The van der Waals surface area contributed by atoms with E-state index in [2.05, 4.69) is 5.32 Å². The zero-order chi connectivity index (χ0) is 24.6. The van der Waals surface area contributed by atoms with Gasteiger partial charge in [-0.2, -0.15) is 0 Å². The van der Waals surface area contributed by atoms with Crippen LogP contribution in [0.1, 0.15) is 26.7 Å². The number of amides is 1. The minimum atomic E-state index is -4.21. The lowest BCUT2D eigenvalue weighted by Crippen LogP contribution is -2.43. The summed E-state index contributed by atoms with van der Waals surface area (Å²) in [5.74, 6) is 0.877. The van der Waals surface area contributed by atoms with Crippen LogP contribution >= 0.6 is 0 Å². The van der Waals surface area contributed by atoms with Gasteiger partial charge in [-0.25, -0.2) is 8.42 Å². The second-order valence-corrected chi connectivity index (χ2v) is 9.19. The van der Waals surface area contributed by atoms with E-state index in [0.29, 0.717) is 11.5 Å². The van der Waals surface area contributed by atoms with E-state index >= 15 is 0 Å². The molecule has 0 spiro atoms. The highest BCUT2D eigenvalue weighted by Gasteiger charge is 2.31. The first kappa shape index (κ1) is 26.1. The molecule has 0 aliphatic carbocycles. The predicted octanol–water partition coefficient (Wildman–Crippen LogP) is 3.22. The van der Waals surface area contributed by atoms with Crippen LogP contribution in [0.5, 0.6) is 23.0 Å². The minimum absolute atomic E-state index is 0.0700. The predicted molar refractivity (Wildman–Crippen MR) is 126 cm³/mol. The highest BCUT2D eigenvalue weighted by atomic mass is 32.2. The molecule has 10 heteroatoms. The third-order valence-corrected chi connectivity index (χ3v) is 6.77. The smallest absolute Gasteiger partial charge is 0.265 e. The topological polar surface area (TPSA) is 103 Å². The van der Waals surface area contributed by atoms with E-state index in [1.54, 1.807) is 12.1 Å². The Labute approximate surface area is 195 Å². The van der Waals surface area contributed by atoms with Crippen LogP contribution < -0.4 is 28.6 Å². The number of anilines is 1. The number of ether oxygens (including phenoxy) is 4. The molecule has 0 radical (unpaired) electrons. The summed E-state index contributed by atoms with van der Waals surface area (Å²) in [6.45, 7) is 3.44. The van der Waals surface area contributed by atoms with E-state index in [4.69, 9.17) is 18.9 Å². The highest BCUT2D eigenvalue weighted by molar-refractivity contribution is 7.92. The van der Waals surface area contributed by atoms with Crippen LogP contribution in [0.2, 0.25) is 0 Å². The number of rotatable bonds is 12. The Kier molecular flexibility index (Phi) is 9.22. The fourth-order valence-electron chi connectivity index (χ4n) is 3.35. The normalized spacial score (nSPS) is 11.9. The van der Waals surface area contributed by atoms with E-state index in [9.17, 15) is 13.2 Å². The molecule has 2 rings (SSSR count). The molecule has 0 aromatic heterocycles. The van der Waals surface area contributed by atoms with Crippen LogP contribution in [0.15, 0.2) is 41.3 Å². The third kappa shape index (κ3) is 6.22. The maximum Gasteiger partial charge on any atom is 0.265 e. The van der Waals surface area contributed by atoms with E-state index in [1.807, 2.05) is 13.8 Å². The van der Waals surface area contributed by atoms with Gasteiger partial charge in [0.2, 0.25) is 5.91 Å². The summed E-state index contributed by atoms with van der Waals surface area (Å²) in [7, 11) is 1.56. The van der Waals surface area contributed by atoms with Crippen LogP contribution in [0, 0.1) is 0 Å². The molecule has 0 saturated heterocycles. The van der Waals surface area contributed by atoms with Crippen LogP contribution in [-0.2, 0) is 14.8 Å². The Morgan fingerprint density at radius 1 is 0.939 bits per heavy atom. The minimum Gasteiger partial charge on any atom is -0.497 e. The summed E-state index contributed by atoms with van der Waals surface area (Å²) in [5, 5.41) is 2.85. The first-order valence-electron chi connectivity index (χ1n) is 10.5. The number of hydrogen-bond acceptors (Lipinski definition) is 7. The molecule has 0 bridgehead atoms. The molecule has 1 amide bonds. The van der Waals surface area contributed by atoms with Gasteiger partial charge in [-0.3, -0.25) is 9.10 Å². The summed E-state index contributed by atoms with van der Waals surface area (Å²) in [5.41, 5.74) is 0.171. The number of methoxy groups -OCH3 is 4. The molecule has 0 aliphatic heterocycles. The molecule has 0 fully saturated rings. The van der Waals surface area contributed by atoms with Crippen molar-refractivity contribution in [1.82, 2.24) is 5.32 Å². The monoisotopic (exact) mass is 480 g/mol. The zero-order valence-electron chi connectivity index (χ0n) is 19.9. The molecule has 0 unspecified atom stereocenters. The SMILES string of the molecule is CCC[C@H](C)NC(=O)CN(c1cc(OC)ccc1OC)S(=O)(=O)c1ccc(OC)c(OC)c1. The van der Waals surface area contributed by atoms with Crippen LogP contribution in [0.3, 0.4) is 0 Å². The van der Waals surface area contributed by atoms with Gasteiger partial charge in [-0.05, 0) is 37.6 Å². The van der Waals surface area contributed by atoms with Crippen molar-refractivity contribution in [1.29, 1.82) is 0 Å². The Bertz CT molecular complexity index is 1060. The molecule has 0 aliphatic rings. The molecule has 0 heterocycles. The van der Waals surface area contributed by atoms with Gasteiger partial charge in [0, 0.05) is 18.2 Å². The van der Waals surface area contributed by atoms with Crippen molar-refractivity contribution in [2.75, 3.05) is 39.3 Å². The highest BCUT2D eigenvalue weighted by Crippen LogP contribution is 2.37. The summed E-state index contributed by atoms with van der Waals surface area (Å²) >= 11 is 0. The molecule has 182 valence electrons. The standard InChI is InChI=1S/C23H32N2O7S/c1-7-8-16(2)24-23(26)15-25(19-13-17(29-3)9-11-20(19)30-4)33(27,28)18-10-12-21(31-5)22(14-18)32-6/h9-14,16H,7-8,15H2,1-6H3,(H,24,26)/t16-/m0/s1. The quantitative estimate of drug-likeness (QED) is 0.497. The van der Waals surface area contributed by atoms with Gasteiger partial charge >= 0.3 is 0 Å². The third-order valence-electron chi connectivity index (χ3n) is 5.01.